The van der Waals surface area contributed by atoms with Crippen LogP contribution in [0, 0.1) is 5.92 Å². The highest BCUT2D eigenvalue weighted by molar-refractivity contribution is 6.20. The fraction of sp³-hybridized carbons (Fsp3) is 1.00. The third-order valence-electron chi connectivity index (χ3n) is 2.15. The Bertz CT molecular complexity index is 93.6. The highest BCUT2D eigenvalue weighted by atomic mass is 35.5. The van der Waals surface area contributed by atoms with Crippen molar-refractivity contribution in [3.8, 4) is 0 Å². The monoisotopic (exact) mass is 178 g/mol. The van der Waals surface area contributed by atoms with Crippen molar-refractivity contribution in [1.29, 1.82) is 0 Å². The Morgan fingerprint density at radius 2 is 1.91 bits per heavy atom. The molecule has 0 fully saturated rings. The Labute approximate surface area is 75.1 Å². The van der Waals surface area contributed by atoms with E-state index in [1.54, 1.807) is 7.11 Å². The molecule has 0 bridgehead atoms. The Morgan fingerprint density at radius 1 is 1.36 bits per heavy atom. The van der Waals surface area contributed by atoms with E-state index in [4.69, 9.17) is 16.3 Å². The molecule has 0 rings (SSSR count). The molecule has 11 heavy (non-hydrogen) atoms. The zero-order valence-corrected chi connectivity index (χ0v) is 8.69. The molecule has 1 unspecified atom stereocenters. The van der Waals surface area contributed by atoms with Crippen molar-refractivity contribution < 1.29 is 4.74 Å². The smallest absolute Gasteiger partial charge is 0.0734 e. The minimum Gasteiger partial charge on any atom is -0.380 e. The maximum absolute atomic E-state index is 5.92. The molecule has 0 aliphatic heterocycles. The van der Waals surface area contributed by atoms with Gasteiger partial charge in [-0.15, -0.1) is 11.6 Å². The van der Waals surface area contributed by atoms with Gasteiger partial charge in [0.2, 0.25) is 0 Å². The zero-order valence-electron chi connectivity index (χ0n) is 7.93. The summed E-state index contributed by atoms with van der Waals surface area (Å²) in [4.78, 5) is 0. The van der Waals surface area contributed by atoms with Crippen molar-refractivity contribution >= 4 is 11.6 Å². The summed E-state index contributed by atoms with van der Waals surface area (Å²) < 4.78 is 5.25. The molecule has 0 N–H and O–H groups in total. The predicted octanol–water partition coefficient (Wildman–Crippen LogP) is 3.06. The summed E-state index contributed by atoms with van der Waals surface area (Å²) in [5, 5.41) is 0.119. The topological polar surface area (TPSA) is 9.23 Å². The molecule has 3 atom stereocenters. The van der Waals surface area contributed by atoms with Gasteiger partial charge in [0.25, 0.3) is 0 Å². The second-order valence-electron chi connectivity index (χ2n) is 3.20. The van der Waals surface area contributed by atoms with Gasteiger partial charge in [-0.1, -0.05) is 20.3 Å². The summed E-state index contributed by atoms with van der Waals surface area (Å²) in [7, 11) is 1.73. The van der Waals surface area contributed by atoms with Crippen LogP contribution in [-0.2, 0) is 4.74 Å². The van der Waals surface area contributed by atoms with Crippen LogP contribution in [0.4, 0.5) is 0 Å². The summed E-state index contributed by atoms with van der Waals surface area (Å²) in [5.41, 5.74) is 0. The quantitative estimate of drug-likeness (QED) is 0.588. The van der Waals surface area contributed by atoms with E-state index < -0.39 is 0 Å². The third-order valence-corrected chi connectivity index (χ3v) is 2.43. The van der Waals surface area contributed by atoms with Gasteiger partial charge in [0, 0.05) is 7.11 Å². The van der Waals surface area contributed by atoms with Gasteiger partial charge in [0.15, 0.2) is 0 Å². The molecule has 68 valence electrons. The van der Waals surface area contributed by atoms with Gasteiger partial charge in [0.05, 0.1) is 11.5 Å². The second kappa shape index (κ2) is 5.84. The van der Waals surface area contributed by atoms with Gasteiger partial charge in [-0.05, 0) is 19.3 Å². The first-order chi connectivity index (χ1) is 5.11. The van der Waals surface area contributed by atoms with Crippen LogP contribution >= 0.6 is 11.6 Å². The van der Waals surface area contributed by atoms with Crippen molar-refractivity contribution in [3.05, 3.63) is 0 Å². The van der Waals surface area contributed by atoms with Crippen molar-refractivity contribution in [1.82, 2.24) is 0 Å². The Hall–Kier alpha value is 0.250. The van der Waals surface area contributed by atoms with Gasteiger partial charge >= 0.3 is 0 Å². The van der Waals surface area contributed by atoms with E-state index in [1.165, 1.54) is 6.42 Å². The average molecular weight is 179 g/mol. The van der Waals surface area contributed by atoms with Gasteiger partial charge in [0.1, 0.15) is 0 Å². The maximum atomic E-state index is 5.92. The van der Waals surface area contributed by atoms with E-state index in [0.29, 0.717) is 5.92 Å². The number of methoxy groups -OCH3 is 1. The maximum Gasteiger partial charge on any atom is 0.0734 e. The Balaban J connectivity index is 3.68. The molecule has 0 heterocycles. The van der Waals surface area contributed by atoms with Crippen molar-refractivity contribution in [2.24, 2.45) is 5.92 Å². The molecular weight excluding hydrogens is 160 g/mol. The number of hydrogen-bond acceptors (Lipinski definition) is 1. The standard InChI is InChI=1S/C9H19ClO/c1-5-7(2)6-9(11-4)8(3)10/h7-9H,5-6H2,1-4H3/t7-,8?,9-/m0/s1. The molecule has 0 spiro atoms. The summed E-state index contributed by atoms with van der Waals surface area (Å²) >= 11 is 5.92. The van der Waals surface area contributed by atoms with E-state index in [1.807, 2.05) is 6.92 Å². The molecule has 0 amide bonds. The van der Waals surface area contributed by atoms with Gasteiger partial charge in [-0.3, -0.25) is 0 Å². The molecule has 2 heteroatoms. The first-order valence-electron chi connectivity index (χ1n) is 4.28. The molecule has 1 nitrogen and oxygen atoms in total. The third kappa shape index (κ3) is 4.65. The average Bonchev–Trinajstić information content (AvgIpc) is 1.99. The van der Waals surface area contributed by atoms with Crippen LogP contribution in [0.15, 0.2) is 0 Å². The summed E-state index contributed by atoms with van der Waals surface area (Å²) in [6, 6.07) is 0. The van der Waals surface area contributed by atoms with Crippen molar-refractivity contribution in [2.75, 3.05) is 7.11 Å². The van der Waals surface area contributed by atoms with Crippen LogP contribution in [0.5, 0.6) is 0 Å². The van der Waals surface area contributed by atoms with Gasteiger partial charge in [-0.2, -0.15) is 0 Å². The minimum absolute atomic E-state index is 0.119. The summed E-state index contributed by atoms with van der Waals surface area (Å²) in [6.45, 7) is 6.40. The number of rotatable bonds is 5. The molecule has 0 aliphatic carbocycles. The fourth-order valence-electron chi connectivity index (χ4n) is 1.03. The lowest BCUT2D eigenvalue weighted by molar-refractivity contribution is 0.0816. The van der Waals surface area contributed by atoms with Crippen LogP contribution in [0.3, 0.4) is 0 Å². The number of alkyl halides is 1. The largest absolute Gasteiger partial charge is 0.380 e. The van der Waals surface area contributed by atoms with Crippen molar-refractivity contribution in [3.63, 3.8) is 0 Å². The van der Waals surface area contributed by atoms with Crippen LogP contribution < -0.4 is 0 Å². The number of ether oxygens (including phenoxy) is 1. The van der Waals surface area contributed by atoms with E-state index >= 15 is 0 Å². The predicted molar refractivity (Wildman–Crippen MR) is 50.2 cm³/mol. The van der Waals surface area contributed by atoms with Crippen LogP contribution in [0.2, 0.25) is 0 Å². The molecular formula is C9H19ClO. The van der Waals surface area contributed by atoms with E-state index in [2.05, 4.69) is 13.8 Å². The summed E-state index contributed by atoms with van der Waals surface area (Å²) in [5.74, 6) is 0.709. The lowest BCUT2D eigenvalue weighted by Gasteiger charge is -2.20. The molecule has 0 aromatic carbocycles. The van der Waals surface area contributed by atoms with E-state index in [0.717, 1.165) is 6.42 Å². The molecule has 0 saturated carbocycles. The van der Waals surface area contributed by atoms with Gasteiger partial charge < -0.3 is 4.74 Å². The van der Waals surface area contributed by atoms with Crippen LogP contribution in [0.25, 0.3) is 0 Å². The lowest BCUT2D eigenvalue weighted by atomic mass is 9.99. The molecule has 0 saturated heterocycles. The molecule has 0 aliphatic rings. The molecule has 0 aromatic rings. The van der Waals surface area contributed by atoms with Gasteiger partial charge in [-0.25, -0.2) is 0 Å². The first-order valence-corrected chi connectivity index (χ1v) is 4.72. The van der Waals surface area contributed by atoms with E-state index in [-0.39, 0.29) is 11.5 Å². The van der Waals surface area contributed by atoms with Crippen LogP contribution in [-0.4, -0.2) is 18.6 Å². The molecule has 0 radical (unpaired) electrons. The number of hydrogen-bond donors (Lipinski definition) is 0. The Kier molecular flexibility index (Phi) is 5.98. The van der Waals surface area contributed by atoms with Crippen LogP contribution in [0.1, 0.15) is 33.6 Å². The first kappa shape index (κ1) is 11.2. The zero-order chi connectivity index (χ0) is 8.85. The normalized spacial score (nSPS) is 19.4. The van der Waals surface area contributed by atoms with E-state index in [9.17, 15) is 0 Å². The SMILES string of the molecule is CC[C@H](C)C[C@H](OC)C(C)Cl. The Morgan fingerprint density at radius 3 is 2.18 bits per heavy atom. The molecule has 0 aromatic heterocycles. The van der Waals surface area contributed by atoms with Crippen molar-refractivity contribution in [2.45, 2.75) is 45.1 Å². The highest BCUT2D eigenvalue weighted by Gasteiger charge is 2.16. The highest BCUT2D eigenvalue weighted by Crippen LogP contribution is 2.17. The second-order valence-corrected chi connectivity index (χ2v) is 3.89. The fourth-order valence-corrected chi connectivity index (χ4v) is 1.24. The minimum atomic E-state index is 0.119. The summed E-state index contributed by atoms with van der Waals surface area (Å²) in [6.07, 6.45) is 2.48. The lowest BCUT2D eigenvalue weighted by Crippen LogP contribution is -2.23. The number of halogens is 1.